The molecule has 3 nitrogen and oxygen atoms in total. The first-order chi connectivity index (χ1) is 8.16. The molecular weight excluding hydrogens is 238 g/mol. The first kappa shape index (κ1) is 11.6. The highest BCUT2D eigenvalue weighted by Crippen LogP contribution is 2.23. The lowest BCUT2D eigenvalue weighted by atomic mass is 10.0. The molecule has 0 radical (unpaired) electrons. The number of aliphatic carboxylic acids is 1. The molecule has 1 aromatic carbocycles. The van der Waals surface area contributed by atoms with Crippen LogP contribution in [0.25, 0.3) is 11.3 Å². The van der Waals surface area contributed by atoms with Gasteiger partial charge in [-0.1, -0.05) is 29.8 Å². The number of aromatic nitrogens is 1. The molecule has 0 aliphatic rings. The maximum absolute atomic E-state index is 10.8. The molecule has 0 spiro atoms. The van der Waals surface area contributed by atoms with Crippen molar-refractivity contribution >= 4 is 17.6 Å². The van der Waals surface area contributed by atoms with Crippen molar-refractivity contribution in [2.75, 3.05) is 0 Å². The van der Waals surface area contributed by atoms with Crippen molar-refractivity contribution in [1.82, 2.24) is 4.98 Å². The van der Waals surface area contributed by atoms with E-state index >= 15 is 0 Å². The number of carboxylic acid groups (broad SMARTS) is 1. The van der Waals surface area contributed by atoms with E-state index in [2.05, 4.69) is 4.98 Å². The number of halogens is 1. The fourth-order valence-electron chi connectivity index (χ4n) is 1.61. The van der Waals surface area contributed by atoms with Gasteiger partial charge >= 0.3 is 5.97 Å². The van der Waals surface area contributed by atoms with Gasteiger partial charge in [0.05, 0.1) is 12.1 Å². The van der Waals surface area contributed by atoms with Crippen molar-refractivity contribution in [3.63, 3.8) is 0 Å². The van der Waals surface area contributed by atoms with E-state index < -0.39 is 5.97 Å². The summed E-state index contributed by atoms with van der Waals surface area (Å²) >= 11 is 5.81. The zero-order valence-electron chi connectivity index (χ0n) is 8.93. The Hall–Kier alpha value is -1.87. The molecule has 0 bridgehead atoms. The van der Waals surface area contributed by atoms with Crippen LogP contribution < -0.4 is 0 Å². The van der Waals surface area contributed by atoms with Crippen molar-refractivity contribution < 1.29 is 9.90 Å². The highest BCUT2D eigenvalue weighted by Gasteiger charge is 2.09. The highest BCUT2D eigenvalue weighted by atomic mass is 35.5. The Balaban J connectivity index is 2.44. The predicted molar refractivity (Wildman–Crippen MR) is 66.0 cm³/mol. The van der Waals surface area contributed by atoms with Crippen LogP contribution in [-0.4, -0.2) is 16.1 Å². The minimum atomic E-state index is -0.867. The smallest absolute Gasteiger partial charge is 0.307 e. The summed E-state index contributed by atoms with van der Waals surface area (Å²) in [4.78, 5) is 15.0. The summed E-state index contributed by atoms with van der Waals surface area (Å²) in [7, 11) is 0. The molecule has 1 N–H and O–H groups in total. The monoisotopic (exact) mass is 247 g/mol. The van der Waals surface area contributed by atoms with Gasteiger partial charge in [-0.2, -0.15) is 0 Å². The number of pyridine rings is 1. The number of rotatable bonds is 3. The van der Waals surface area contributed by atoms with Crippen LogP contribution in [0.5, 0.6) is 0 Å². The molecule has 4 heteroatoms. The van der Waals surface area contributed by atoms with Crippen LogP contribution >= 0.6 is 11.6 Å². The van der Waals surface area contributed by atoms with E-state index in [0.29, 0.717) is 16.3 Å². The zero-order valence-corrected chi connectivity index (χ0v) is 9.69. The summed E-state index contributed by atoms with van der Waals surface area (Å²) in [6, 6.07) is 10.7. The van der Waals surface area contributed by atoms with E-state index in [0.717, 1.165) is 5.56 Å². The zero-order chi connectivity index (χ0) is 12.3. The van der Waals surface area contributed by atoms with Gasteiger partial charge in [-0.15, -0.1) is 0 Å². The van der Waals surface area contributed by atoms with Crippen molar-refractivity contribution in [3.8, 4) is 11.3 Å². The number of carboxylic acids is 1. The molecule has 0 saturated heterocycles. The Kier molecular flexibility index (Phi) is 3.40. The van der Waals surface area contributed by atoms with Gasteiger partial charge in [0.25, 0.3) is 0 Å². The van der Waals surface area contributed by atoms with Crippen molar-refractivity contribution in [3.05, 3.63) is 53.2 Å². The molecule has 0 aliphatic carbocycles. The van der Waals surface area contributed by atoms with Crippen molar-refractivity contribution in [2.45, 2.75) is 6.42 Å². The van der Waals surface area contributed by atoms with E-state index in [1.807, 2.05) is 12.1 Å². The third-order valence-corrected chi connectivity index (χ3v) is 2.60. The summed E-state index contributed by atoms with van der Waals surface area (Å²) in [6.07, 6.45) is 1.61. The predicted octanol–water partition coefficient (Wildman–Crippen LogP) is 3.03. The second-order valence-corrected chi connectivity index (χ2v) is 4.02. The summed E-state index contributed by atoms with van der Waals surface area (Å²) in [5.41, 5.74) is 2.25. The molecule has 1 aromatic heterocycles. The summed E-state index contributed by atoms with van der Waals surface area (Å²) in [5, 5.41) is 9.48. The molecule has 2 aromatic rings. The molecule has 0 unspecified atom stereocenters. The van der Waals surface area contributed by atoms with Gasteiger partial charge in [-0.25, -0.2) is 0 Å². The van der Waals surface area contributed by atoms with Crippen LogP contribution in [0.3, 0.4) is 0 Å². The lowest BCUT2D eigenvalue weighted by Crippen LogP contribution is -2.02. The SMILES string of the molecule is O=C(O)Cc1cccnc1-c1ccc(Cl)cc1. The van der Waals surface area contributed by atoms with E-state index in [4.69, 9.17) is 16.7 Å². The van der Waals surface area contributed by atoms with E-state index in [9.17, 15) is 4.79 Å². The molecule has 0 aliphatic heterocycles. The van der Waals surface area contributed by atoms with Crippen LogP contribution in [-0.2, 0) is 11.2 Å². The number of benzene rings is 1. The molecule has 0 saturated carbocycles. The summed E-state index contributed by atoms with van der Waals surface area (Å²) in [6.45, 7) is 0. The normalized spacial score (nSPS) is 10.2. The Morgan fingerprint density at radius 2 is 1.94 bits per heavy atom. The second kappa shape index (κ2) is 4.97. The Bertz CT molecular complexity index is 537. The van der Waals surface area contributed by atoms with Crippen LogP contribution in [0, 0.1) is 0 Å². The molecule has 86 valence electrons. The fourth-order valence-corrected chi connectivity index (χ4v) is 1.74. The van der Waals surface area contributed by atoms with Gasteiger partial charge in [0.15, 0.2) is 0 Å². The lowest BCUT2D eigenvalue weighted by Gasteiger charge is -2.06. The van der Waals surface area contributed by atoms with Gasteiger partial charge in [-0.05, 0) is 23.8 Å². The Morgan fingerprint density at radius 1 is 1.24 bits per heavy atom. The van der Waals surface area contributed by atoms with Crippen molar-refractivity contribution in [2.24, 2.45) is 0 Å². The van der Waals surface area contributed by atoms with Gasteiger partial charge < -0.3 is 5.11 Å². The summed E-state index contributed by atoms with van der Waals surface area (Å²) < 4.78 is 0. The van der Waals surface area contributed by atoms with Crippen LogP contribution in [0.15, 0.2) is 42.6 Å². The van der Waals surface area contributed by atoms with Gasteiger partial charge in [-0.3, -0.25) is 9.78 Å². The highest BCUT2D eigenvalue weighted by molar-refractivity contribution is 6.30. The molecule has 1 heterocycles. The molecule has 17 heavy (non-hydrogen) atoms. The quantitative estimate of drug-likeness (QED) is 0.907. The van der Waals surface area contributed by atoms with E-state index in [1.165, 1.54) is 0 Å². The van der Waals surface area contributed by atoms with E-state index in [-0.39, 0.29) is 6.42 Å². The van der Waals surface area contributed by atoms with Crippen LogP contribution in [0.1, 0.15) is 5.56 Å². The Morgan fingerprint density at radius 3 is 2.59 bits per heavy atom. The number of nitrogens with zero attached hydrogens (tertiary/aromatic N) is 1. The van der Waals surface area contributed by atoms with Crippen molar-refractivity contribution in [1.29, 1.82) is 0 Å². The topological polar surface area (TPSA) is 50.2 Å². The van der Waals surface area contributed by atoms with E-state index in [1.54, 1.807) is 30.5 Å². The van der Waals surface area contributed by atoms with Crippen LogP contribution in [0.2, 0.25) is 5.02 Å². The maximum Gasteiger partial charge on any atom is 0.307 e. The van der Waals surface area contributed by atoms with Gasteiger partial charge in [0, 0.05) is 16.8 Å². The minimum Gasteiger partial charge on any atom is -0.481 e. The van der Waals surface area contributed by atoms with Gasteiger partial charge in [0.1, 0.15) is 0 Å². The molecule has 0 amide bonds. The minimum absolute atomic E-state index is 0.0359. The molecule has 0 atom stereocenters. The Labute approximate surface area is 104 Å². The number of hydrogen-bond donors (Lipinski definition) is 1. The van der Waals surface area contributed by atoms with Crippen LogP contribution in [0.4, 0.5) is 0 Å². The van der Waals surface area contributed by atoms with Gasteiger partial charge in [0.2, 0.25) is 0 Å². The lowest BCUT2D eigenvalue weighted by molar-refractivity contribution is -0.136. The largest absolute Gasteiger partial charge is 0.481 e. The molecule has 2 rings (SSSR count). The third-order valence-electron chi connectivity index (χ3n) is 2.35. The average Bonchev–Trinajstić information content (AvgIpc) is 2.30. The standard InChI is InChI=1S/C13H10ClNO2/c14-11-5-3-9(4-6-11)13-10(8-12(16)17)2-1-7-15-13/h1-7H,8H2,(H,16,17). The maximum atomic E-state index is 10.8. The summed E-state index contributed by atoms with van der Waals surface area (Å²) in [5.74, 6) is -0.867. The average molecular weight is 248 g/mol. The molecular formula is C13H10ClNO2. The third kappa shape index (κ3) is 2.82. The fraction of sp³-hybridized carbons (Fsp3) is 0.0769. The number of hydrogen-bond acceptors (Lipinski definition) is 2. The first-order valence-electron chi connectivity index (χ1n) is 5.08. The molecule has 0 fully saturated rings. The second-order valence-electron chi connectivity index (χ2n) is 3.59. The number of carbonyl (C=O) groups is 1. The first-order valence-corrected chi connectivity index (χ1v) is 5.46.